The minimum Gasteiger partial charge on any atom is -0.396 e. The third-order valence-electron chi connectivity index (χ3n) is 3.59. The second-order valence-corrected chi connectivity index (χ2v) is 6.81. The number of aliphatic hydroxyl groups is 1. The molecule has 1 aliphatic carbocycles. The van der Waals surface area contributed by atoms with Gasteiger partial charge in [0.05, 0.1) is 0 Å². The van der Waals surface area contributed by atoms with Crippen LogP contribution in [-0.2, 0) is 10.2 Å². The monoisotopic (exact) mass is 278 g/mol. The first-order valence-electron chi connectivity index (χ1n) is 6.91. The molecule has 2 N–H and O–H groups in total. The van der Waals surface area contributed by atoms with Crippen LogP contribution < -0.4 is 4.72 Å². The SMILES string of the molecule is CN(C1CCCCC1)S(=O)(=O)NCCCCCO. The minimum atomic E-state index is -3.33. The molecule has 0 spiro atoms. The lowest BCUT2D eigenvalue weighted by atomic mass is 9.96. The number of unbranched alkanes of at least 4 members (excludes halogenated alkanes) is 2. The molecule has 0 aromatic rings. The highest BCUT2D eigenvalue weighted by Crippen LogP contribution is 2.22. The maximum Gasteiger partial charge on any atom is 0.279 e. The zero-order chi connectivity index (χ0) is 13.4. The van der Waals surface area contributed by atoms with Crippen LogP contribution in [-0.4, -0.2) is 44.1 Å². The predicted octanol–water partition coefficient (Wildman–Crippen LogP) is 1.25. The van der Waals surface area contributed by atoms with Crippen molar-refractivity contribution >= 4 is 10.2 Å². The van der Waals surface area contributed by atoms with E-state index in [0.29, 0.717) is 6.54 Å². The van der Waals surface area contributed by atoms with Crippen LogP contribution in [0.2, 0.25) is 0 Å². The second kappa shape index (κ2) is 8.09. The largest absolute Gasteiger partial charge is 0.396 e. The lowest BCUT2D eigenvalue weighted by molar-refractivity contribution is 0.280. The Hall–Kier alpha value is -0.170. The van der Waals surface area contributed by atoms with E-state index in [1.165, 1.54) is 10.7 Å². The number of rotatable bonds is 8. The molecule has 0 bridgehead atoms. The molecule has 1 rings (SSSR count). The summed E-state index contributed by atoms with van der Waals surface area (Å²) in [6.45, 7) is 0.633. The molecule has 108 valence electrons. The van der Waals surface area contributed by atoms with Crippen molar-refractivity contribution in [1.29, 1.82) is 0 Å². The zero-order valence-corrected chi connectivity index (χ0v) is 12.1. The van der Waals surface area contributed by atoms with Crippen molar-refractivity contribution in [3.05, 3.63) is 0 Å². The van der Waals surface area contributed by atoms with Gasteiger partial charge < -0.3 is 5.11 Å². The summed E-state index contributed by atoms with van der Waals surface area (Å²) in [5, 5.41) is 8.64. The van der Waals surface area contributed by atoms with Crippen molar-refractivity contribution in [2.75, 3.05) is 20.2 Å². The van der Waals surface area contributed by atoms with Gasteiger partial charge in [-0.1, -0.05) is 19.3 Å². The number of hydrogen-bond donors (Lipinski definition) is 2. The first kappa shape index (κ1) is 15.9. The molecule has 0 amide bonds. The molecule has 0 aromatic carbocycles. The molecule has 18 heavy (non-hydrogen) atoms. The van der Waals surface area contributed by atoms with Gasteiger partial charge in [0.1, 0.15) is 0 Å². The van der Waals surface area contributed by atoms with E-state index in [9.17, 15) is 8.42 Å². The second-order valence-electron chi connectivity index (χ2n) is 4.99. The standard InChI is InChI=1S/C12H26N2O3S/c1-14(12-8-4-2-5-9-12)18(16,17)13-10-6-3-7-11-15/h12-13,15H,2-11H2,1H3. The Morgan fingerprint density at radius 1 is 1.17 bits per heavy atom. The molecule has 1 aliphatic rings. The van der Waals surface area contributed by atoms with Crippen molar-refractivity contribution in [2.24, 2.45) is 0 Å². The molecule has 5 nitrogen and oxygen atoms in total. The van der Waals surface area contributed by atoms with Crippen LogP contribution in [0.25, 0.3) is 0 Å². The topological polar surface area (TPSA) is 69.6 Å². The Kier molecular flexibility index (Phi) is 7.14. The molecule has 6 heteroatoms. The normalized spacial score (nSPS) is 18.4. The highest BCUT2D eigenvalue weighted by molar-refractivity contribution is 7.87. The van der Waals surface area contributed by atoms with Crippen LogP contribution in [0.1, 0.15) is 51.4 Å². The molecule has 0 unspecified atom stereocenters. The van der Waals surface area contributed by atoms with Crippen molar-refractivity contribution in [1.82, 2.24) is 9.03 Å². The summed E-state index contributed by atoms with van der Waals surface area (Å²) < 4.78 is 28.2. The third kappa shape index (κ3) is 5.22. The van der Waals surface area contributed by atoms with Crippen LogP contribution >= 0.6 is 0 Å². The van der Waals surface area contributed by atoms with E-state index in [4.69, 9.17) is 5.11 Å². The van der Waals surface area contributed by atoms with Crippen LogP contribution in [0.4, 0.5) is 0 Å². The first-order valence-corrected chi connectivity index (χ1v) is 8.35. The highest BCUT2D eigenvalue weighted by atomic mass is 32.2. The lowest BCUT2D eigenvalue weighted by Crippen LogP contribution is -2.45. The smallest absolute Gasteiger partial charge is 0.279 e. The van der Waals surface area contributed by atoms with Gasteiger partial charge >= 0.3 is 0 Å². The van der Waals surface area contributed by atoms with Crippen molar-refractivity contribution in [3.63, 3.8) is 0 Å². The molecule has 0 aromatic heterocycles. The molecular weight excluding hydrogens is 252 g/mol. The van der Waals surface area contributed by atoms with E-state index in [2.05, 4.69) is 4.72 Å². The van der Waals surface area contributed by atoms with E-state index >= 15 is 0 Å². The minimum absolute atomic E-state index is 0.161. The fourth-order valence-corrected chi connectivity index (χ4v) is 3.57. The lowest BCUT2D eigenvalue weighted by Gasteiger charge is -2.30. The zero-order valence-electron chi connectivity index (χ0n) is 11.3. The van der Waals surface area contributed by atoms with Crippen LogP contribution in [0.5, 0.6) is 0 Å². The van der Waals surface area contributed by atoms with Gasteiger partial charge in [0.2, 0.25) is 0 Å². The van der Waals surface area contributed by atoms with Gasteiger partial charge in [-0.3, -0.25) is 0 Å². The molecule has 0 radical (unpaired) electrons. The highest BCUT2D eigenvalue weighted by Gasteiger charge is 2.26. The number of nitrogens with zero attached hydrogens (tertiary/aromatic N) is 1. The maximum absolute atomic E-state index is 12.0. The van der Waals surface area contributed by atoms with Gasteiger partial charge in [0, 0.05) is 26.2 Å². The maximum atomic E-state index is 12.0. The van der Waals surface area contributed by atoms with Crippen LogP contribution in [0, 0.1) is 0 Å². The number of nitrogens with one attached hydrogen (secondary N) is 1. The molecular formula is C12H26N2O3S. The molecule has 0 atom stereocenters. The Morgan fingerprint density at radius 2 is 1.83 bits per heavy atom. The summed E-state index contributed by atoms with van der Waals surface area (Å²) in [4.78, 5) is 0. The number of aliphatic hydroxyl groups excluding tert-OH is 1. The average molecular weight is 278 g/mol. The van der Waals surface area contributed by atoms with Gasteiger partial charge in [-0.2, -0.15) is 12.7 Å². The average Bonchev–Trinajstić information content (AvgIpc) is 2.38. The molecule has 0 saturated heterocycles. The summed E-state index contributed by atoms with van der Waals surface area (Å²) in [5.74, 6) is 0. The van der Waals surface area contributed by atoms with Gasteiger partial charge in [-0.15, -0.1) is 0 Å². The van der Waals surface area contributed by atoms with Crippen molar-refractivity contribution in [2.45, 2.75) is 57.4 Å². The fraction of sp³-hybridized carbons (Fsp3) is 1.00. The predicted molar refractivity (Wildman–Crippen MR) is 72.5 cm³/mol. The van der Waals surface area contributed by atoms with Gasteiger partial charge in [-0.05, 0) is 32.1 Å². The Labute approximate surface area is 111 Å². The Balaban J connectivity index is 2.32. The molecule has 1 saturated carbocycles. The number of hydrogen-bond acceptors (Lipinski definition) is 3. The van der Waals surface area contributed by atoms with Crippen molar-refractivity contribution < 1.29 is 13.5 Å². The van der Waals surface area contributed by atoms with Gasteiger partial charge in [0.25, 0.3) is 10.2 Å². The van der Waals surface area contributed by atoms with E-state index in [-0.39, 0.29) is 12.6 Å². The molecule has 0 aliphatic heterocycles. The van der Waals surface area contributed by atoms with E-state index in [0.717, 1.165) is 44.9 Å². The quantitative estimate of drug-likeness (QED) is 0.657. The van der Waals surface area contributed by atoms with E-state index in [1.807, 2.05) is 0 Å². The molecule has 1 fully saturated rings. The van der Waals surface area contributed by atoms with E-state index in [1.54, 1.807) is 7.05 Å². The van der Waals surface area contributed by atoms with Crippen LogP contribution in [0.15, 0.2) is 0 Å². The Morgan fingerprint density at radius 3 is 2.44 bits per heavy atom. The van der Waals surface area contributed by atoms with Gasteiger partial charge in [-0.25, -0.2) is 4.72 Å². The summed E-state index contributed by atoms with van der Waals surface area (Å²) in [7, 11) is -1.65. The Bertz CT molecular complexity index is 313. The van der Waals surface area contributed by atoms with E-state index < -0.39 is 10.2 Å². The van der Waals surface area contributed by atoms with Crippen molar-refractivity contribution in [3.8, 4) is 0 Å². The molecule has 0 heterocycles. The van der Waals surface area contributed by atoms with Gasteiger partial charge in [0.15, 0.2) is 0 Å². The van der Waals surface area contributed by atoms with Crippen LogP contribution in [0.3, 0.4) is 0 Å². The summed E-state index contributed by atoms with van der Waals surface area (Å²) in [6, 6.07) is 0.161. The first-order chi connectivity index (χ1) is 8.58. The summed E-state index contributed by atoms with van der Waals surface area (Å²) in [6.07, 6.45) is 7.79. The fourth-order valence-electron chi connectivity index (χ4n) is 2.36. The third-order valence-corrected chi connectivity index (χ3v) is 5.21. The summed E-state index contributed by atoms with van der Waals surface area (Å²) >= 11 is 0. The summed E-state index contributed by atoms with van der Waals surface area (Å²) in [5.41, 5.74) is 0.